The van der Waals surface area contributed by atoms with E-state index in [-0.39, 0.29) is 11.2 Å². The maximum atomic E-state index is 13.4. The Balaban J connectivity index is 2.12. The summed E-state index contributed by atoms with van der Waals surface area (Å²) in [6.45, 7) is 13.4. The van der Waals surface area contributed by atoms with Crippen LogP contribution in [0.2, 0.25) is 5.02 Å². The fourth-order valence-electron chi connectivity index (χ4n) is 3.30. The SMILES string of the molecule is CCNC(=NCc1c(C)nn(CCOC)c1C)NCC(C)(C)c1ccc(F)cc1Cl. The van der Waals surface area contributed by atoms with Crippen LogP contribution in [0.1, 0.15) is 43.3 Å². The van der Waals surface area contributed by atoms with Crippen LogP contribution in [0, 0.1) is 19.7 Å². The molecule has 0 spiro atoms. The molecule has 0 radical (unpaired) electrons. The van der Waals surface area contributed by atoms with E-state index >= 15 is 0 Å². The van der Waals surface area contributed by atoms with Crippen molar-refractivity contribution in [3.05, 3.63) is 51.6 Å². The van der Waals surface area contributed by atoms with E-state index in [0.717, 1.165) is 35.6 Å². The second-order valence-electron chi connectivity index (χ2n) is 7.92. The lowest BCUT2D eigenvalue weighted by atomic mass is 9.84. The fourth-order valence-corrected chi connectivity index (χ4v) is 3.72. The van der Waals surface area contributed by atoms with Crippen molar-refractivity contribution < 1.29 is 9.13 Å². The monoisotopic (exact) mass is 437 g/mol. The first-order valence-electron chi connectivity index (χ1n) is 10.2. The van der Waals surface area contributed by atoms with Crippen LogP contribution in [0.5, 0.6) is 0 Å². The van der Waals surface area contributed by atoms with Gasteiger partial charge in [0, 0.05) is 41.9 Å². The maximum absolute atomic E-state index is 13.4. The number of rotatable bonds is 9. The van der Waals surface area contributed by atoms with Crippen molar-refractivity contribution in [2.75, 3.05) is 26.8 Å². The number of ether oxygens (including phenoxy) is 1. The van der Waals surface area contributed by atoms with Crippen LogP contribution in [-0.4, -0.2) is 42.5 Å². The molecule has 1 heterocycles. The first-order chi connectivity index (χ1) is 14.2. The molecule has 8 heteroatoms. The summed E-state index contributed by atoms with van der Waals surface area (Å²) in [4.78, 5) is 4.75. The van der Waals surface area contributed by atoms with Crippen LogP contribution in [0.3, 0.4) is 0 Å². The van der Waals surface area contributed by atoms with E-state index in [4.69, 9.17) is 21.3 Å². The highest BCUT2D eigenvalue weighted by Gasteiger charge is 2.24. The molecule has 30 heavy (non-hydrogen) atoms. The predicted molar refractivity (Wildman–Crippen MR) is 121 cm³/mol. The summed E-state index contributed by atoms with van der Waals surface area (Å²) in [5.74, 6) is 0.381. The van der Waals surface area contributed by atoms with Gasteiger partial charge in [-0.2, -0.15) is 5.10 Å². The molecule has 6 nitrogen and oxygen atoms in total. The number of hydrogen-bond acceptors (Lipinski definition) is 3. The van der Waals surface area contributed by atoms with Gasteiger partial charge in [-0.15, -0.1) is 0 Å². The topological polar surface area (TPSA) is 63.5 Å². The summed E-state index contributed by atoms with van der Waals surface area (Å²) in [5, 5.41) is 11.7. The smallest absolute Gasteiger partial charge is 0.191 e. The van der Waals surface area contributed by atoms with E-state index in [1.54, 1.807) is 13.2 Å². The van der Waals surface area contributed by atoms with E-state index in [0.29, 0.717) is 30.7 Å². The quantitative estimate of drug-likeness (QED) is 0.460. The number of nitrogens with one attached hydrogen (secondary N) is 2. The summed E-state index contributed by atoms with van der Waals surface area (Å²) in [6, 6.07) is 4.53. The number of benzene rings is 1. The van der Waals surface area contributed by atoms with Crippen molar-refractivity contribution >= 4 is 17.6 Å². The van der Waals surface area contributed by atoms with Gasteiger partial charge in [-0.05, 0) is 38.5 Å². The van der Waals surface area contributed by atoms with Crippen molar-refractivity contribution in [2.24, 2.45) is 4.99 Å². The number of methoxy groups -OCH3 is 1. The number of aliphatic imine (C=N–C) groups is 1. The highest BCUT2D eigenvalue weighted by molar-refractivity contribution is 6.31. The molecule has 1 aromatic heterocycles. The lowest BCUT2D eigenvalue weighted by Crippen LogP contribution is -2.43. The van der Waals surface area contributed by atoms with Crippen LogP contribution < -0.4 is 10.6 Å². The Bertz CT molecular complexity index is 879. The summed E-state index contributed by atoms with van der Waals surface area (Å²) < 4.78 is 20.5. The average molecular weight is 438 g/mol. The lowest BCUT2D eigenvalue weighted by Gasteiger charge is -2.27. The minimum absolute atomic E-state index is 0.308. The van der Waals surface area contributed by atoms with Gasteiger partial charge in [-0.25, -0.2) is 9.38 Å². The molecule has 0 fully saturated rings. The van der Waals surface area contributed by atoms with Crippen molar-refractivity contribution in [3.8, 4) is 0 Å². The van der Waals surface area contributed by atoms with E-state index < -0.39 is 0 Å². The fraction of sp³-hybridized carbons (Fsp3) is 0.545. The third-order valence-corrected chi connectivity index (χ3v) is 5.45. The predicted octanol–water partition coefficient (Wildman–Crippen LogP) is 3.97. The molecule has 0 amide bonds. The molecule has 0 atom stereocenters. The molecule has 0 unspecified atom stereocenters. The number of halogens is 2. The zero-order valence-corrected chi connectivity index (χ0v) is 19.5. The zero-order chi connectivity index (χ0) is 22.3. The van der Waals surface area contributed by atoms with E-state index in [1.807, 2.05) is 18.5 Å². The van der Waals surface area contributed by atoms with Crippen molar-refractivity contribution in [1.82, 2.24) is 20.4 Å². The average Bonchev–Trinajstić information content (AvgIpc) is 2.95. The molecule has 0 aliphatic heterocycles. The molecule has 166 valence electrons. The number of aryl methyl sites for hydroxylation is 1. The van der Waals surface area contributed by atoms with Gasteiger partial charge in [-0.3, -0.25) is 4.68 Å². The zero-order valence-electron chi connectivity index (χ0n) is 18.8. The van der Waals surface area contributed by atoms with Crippen LogP contribution in [0.25, 0.3) is 0 Å². The highest BCUT2D eigenvalue weighted by Crippen LogP contribution is 2.29. The van der Waals surface area contributed by atoms with Gasteiger partial charge >= 0.3 is 0 Å². The van der Waals surface area contributed by atoms with Crippen LogP contribution >= 0.6 is 11.6 Å². The van der Waals surface area contributed by atoms with Gasteiger partial charge < -0.3 is 15.4 Å². The molecular weight excluding hydrogens is 405 g/mol. The highest BCUT2D eigenvalue weighted by atomic mass is 35.5. The molecule has 1 aromatic carbocycles. The molecule has 2 rings (SSSR count). The minimum Gasteiger partial charge on any atom is -0.383 e. The molecule has 0 saturated carbocycles. The molecular formula is C22H33ClFN5O. The maximum Gasteiger partial charge on any atom is 0.191 e. The summed E-state index contributed by atoms with van der Waals surface area (Å²) in [5.41, 5.74) is 3.77. The Labute approximate surface area is 183 Å². The van der Waals surface area contributed by atoms with E-state index in [2.05, 4.69) is 36.5 Å². The molecule has 0 saturated heterocycles. The Hall–Kier alpha value is -2.12. The minimum atomic E-state index is -0.334. The van der Waals surface area contributed by atoms with Crippen LogP contribution in [0.4, 0.5) is 4.39 Å². The van der Waals surface area contributed by atoms with Gasteiger partial charge in [0.25, 0.3) is 0 Å². The third-order valence-electron chi connectivity index (χ3n) is 5.14. The first-order valence-corrected chi connectivity index (χ1v) is 10.6. The van der Waals surface area contributed by atoms with Gasteiger partial charge in [0.2, 0.25) is 0 Å². The molecule has 0 aliphatic rings. The second-order valence-corrected chi connectivity index (χ2v) is 8.33. The van der Waals surface area contributed by atoms with Gasteiger partial charge in [0.15, 0.2) is 5.96 Å². The number of guanidine groups is 1. The number of hydrogen-bond donors (Lipinski definition) is 2. The second kappa shape index (κ2) is 10.8. The lowest BCUT2D eigenvalue weighted by molar-refractivity contribution is 0.182. The number of aromatic nitrogens is 2. The Morgan fingerprint density at radius 2 is 2.03 bits per heavy atom. The Morgan fingerprint density at radius 1 is 1.30 bits per heavy atom. The normalized spacial score (nSPS) is 12.3. The van der Waals surface area contributed by atoms with Gasteiger partial charge in [0.1, 0.15) is 5.82 Å². The molecule has 2 aromatic rings. The standard InChI is InChI=1S/C22H33ClFN5O/c1-7-25-21(26-13-18-15(2)28-29(16(18)3)10-11-30-6)27-14-22(4,5)19-9-8-17(24)12-20(19)23/h8-9,12H,7,10-11,13-14H2,1-6H3,(H2,25,26,27). The first kappa shape index (κ1) is 24.2. The Kier molecular flexibility index (Phi) is 8.67. The summed E-state index contributed by atoms with van der Waals surface area (Å²) in [6.07, 6.45) is 0. The summed E-state index contributed by atoms with van der Waals surface area (Å²) >= 11 is 6.27. The third kappa shape index (κ3) is 6.19. The number of nitrogens with zero attached hydrogens (tertiary/aromatic N) is 3. The molecule has 0 aliphatic carbocycles. The Morgan fingerprint density at radius 3 is 2.67 bits per heavy atom. The van der Waals surface area contributed by atoms with Gasteiger partial charge in [-0.1, -0.05) is 31.5 Å². The van der Waals surface area contributed by atoms with E-state index in [9.17, 15) is 4.39 Å². The van der Waals surface area contributed by atoms with Crippen LogP contribution in [-0.2, 0) is 23.2 Å². The largest absolute Gasteiger partial charge is 0.383 e. The van der Waals surface area contributed by atoms with Crippen molar-refractivity contribution in [2.45, 2.75) is 53.1 Å². The van der Waals surface area contributed by atoms with Crippen molar-refractivity contribution in [3.63, 3.8) is 0 Å². The van der Waals surface area contributed by atoms with Crippen molar-refractivity contribution in [1.29, 1.82) is 0 Å². The molecule has 2 N–H and O–H groups in total. The summed E-state index contributed by atoms with van der Waals surface area (Å²) in [7, 11) is 1.69. The van der Waals surface area contributed by atoms with Crippen LogP contribution in [0.15, 0.2) is 23.2 Å². The molecule has 0 bridgehead atoms. The van der Waals surface area contributed by atoms with Gasteiger partial charge in [0.05, 0.1) is 25.4 Å². The van der Waals surface area contributed by atoms with E-state index in [1.165, 1.54) is 12.1 Å².